The molecule has 0 aliphatic rings. The predicted octanol–water partition coefficient (Wildman–Crippen LogP) is 3.05. The Labute approximate surface area is 104 Å². The van der Waals surface area contributed by atoms with Gasteiger partial charge in [0.15, 0.2) is 0 Å². The van der Waals surface area contributed by atoms with Crippen molar-refractivity contribution in [2.45, 2.75) is 6.92 Å². The van der Waals surface area contributed by atoms with Gasteiger partial charge in [-0.15, -0.1) is 0 Å². The second kappa shape index (κ2) is 4.81. The third-order valence-electron chi connectivity index (χ3n) is 2.29. The van der Waals surface area contributed by atoms with Gasteiger partial charge in [0.25, 0.3) is 0 Å². The summed E-state index contributed by atoms with van der Waals surface area (Å²) >= 11 is 6.01. The molecule has 17 heavy (non-hydrogen) atoms. The zero-order valence-corrected chi connectivity index (χ0v) is 9.86. The molecule has 0 spiro atoms. The highest BCUT2D eigenvalue weighted by Crippen LogP contribution is 2.25. The van der Waals surface area contributed by atoms with Crippen LogP contribution in [0.15, 0.2) is 30.5 Å². The lowest BCUT2D eigenvalue weighted by molar-refractivity contribution is 1.11. The fourth-order valence-electron chi connectivity index (χ4n) is 1.36. The van der Waals surface area contributed by atoms with Crippen molar-refractivity contribution in [1.82, 2.24) is 9.97 Å². The predicted molar refractivity (Wildman–Crippen MR) is 66.2 cm³/mol. The molecule has 2 aromatic rings. The Balaban J connectivity index is 2.32. The minimum absolute atomic E-state index is 0.134. The fourth-order valence-corrected chi connectivity index (χ4v) is 1.54. The smallest absolute Gasteiger partial charge is 0.234 e. The zero-order chi connectivity index (χ0) is 12.3. The lowest BCUT2D eigenvalue weighted by Gasteiger charge is -2.09. The normalized spacial score (nSPS) is 9.71. The van der Waals surface area contributed by atoms with E-state index in [0.717, 1.165) is 11.3 Å². The molecule has 2 rings (SSSR count). The molecule has 1 N–H and O–H groups in total. The Hall–Kier alpha value is -2.12. The molecule has 1 aromatic heterocycles. The van der Waals surface area contributed by atoms with E-state index < -0.39 is 0 Å². The van der Waals surface area contributed by atoms with Crippen LogP contribution in [0.2, 0.25) is 5.02 Å². The third-order valence-corrected chi connectivity index (χ3v) is 2.70. The Bertz CT molecular complexity index is 589. The van der Waals surface area contributed by atoms with Crippen LogP contribution in [0.5, 0.6) is 0 Å². The molecule has 0 fully saturated rings. The van der Waals surface area contributed by atoms with Gasteiger partial charge >= 0.3 is 0 Å². The molecule has 0 bridgehead atoms. The van der Waals surface area contributed by atoms with Crippen molar-refractivity contribution in [1.29, 1.82) is 5.26 Å². The number of nitriles is 1. The first-order valence-corrected chi connectivity index (χ1v) is 5.34. The molecular weight excluding hydrogens is 236 g/mol. The van der Waals surface area contributed by atoms with Crippen molar-refractivity contribution in [2.75, 3.05) is 5.32 Å². The highest BCUT2D eigenvalue weighted by molar-refractivity contribution is 6.31. The quantitative estimate of drug-likeness (QED) is 0.882. The van der Waals surface area contributed by atoms with Crippen LogP contribution in [0.25, 0.3) is 0 Å². The van der Waals surface area contributed by atoms with Crippen molar-refractivity contribution in [3.05, 3.63) is 46.9 Å². The van der Waals surface area contributed by atoms with Gasteiger partial charge in [0.2, 0.25) is 5.82 Å². The molecule has 1 heterocycles. The molecule has 0 saturated heterocycles. The van der Waals surface area contributed by atoms with Crippen LogP contribution in [-0.2, 0) is 0 Å². The van der Waals surface area contributed by atoms with E-state index in [0.29, 0.717) is 10.8 Å². The molecule has 0 aliphatic carbocycles. The molecular formula is C12H9ClN4. The van der Waals surface area contributed by atoms with Crippen LogP contribution in [0.1, 0.15) is 11.4 Å². The maximum absolute atomic E-state index is 8.70. The fraction of sp³-hybridized carbons (Fsp3) is 0.0833. The van der Waals surface area contributed by atoms with Gasteiger partial charge in [0.1, 0.15) is 11.9 Å². The minimum atomic E-state index is 0.134. The average molecular weight is 245 g/mol. The number of benzene rings is 1. The van der Waals surface area contributed by atoms with Gasteiger partial charge in [-0.1, -0.05) is 17.7 Å². The van der Waals surface area contributed by atoms with Crippen LogP contribution in [-0.4, -0.2) is 9.97 Å². The standard InChI is InChI=1S/C12H9ClN4/c1-8-9(13)3-2-4-10(8)16-11-5-6-15-12(7-14)17-11/h2-6H,1H3,(H,15,16,17). The van der Waals surface area contributed by atoms with Crippen molar-refractivity contribution < 1.29 is 0 Å². The molecule has 0 amide bonds. The number of nitrogens with zero attached hydrogens (tertiary/aromatic N) is 3. The summed E-state index contributed by atoms with van der Waals surface area (Å²) in [4.78, 5) is 7.83. The summed E-state index contributed by atoms with van der Waals surface area (Å²) in [5.74, 6) is 0.705. The largest absolute Gasteiger partial charge is 0.340 e. The first-order valence-electron chi connectivity index (χ1n) is 4.96. The molecule has 5 heteroatoms. The Morgan fingerprint density at radius 2 is 2.18 bits per heavy atom. The number of halogens is 1. The lowest BCUT2D eigenvalue weighted by Crippen LogP contribution is -1.98. The molecule has 0 radical (unpaired) electrons. The topological polar surface area (TPSA) is 61.6 Å². The van der Waals surface area contributed by atoms with E-state index in [2.05, 4.69) is 15.3 Å². The van der Waals surface area contributed by atoms with E-state index >= 15 is 0 Å². The number of aromatic nitrogens is 2. The molecule has 84 valence electrons. The molecule has 0 saturated carbocycles. The second-order valence-corrected chi connectivity index (χ2v) is 3.82. The van der Waals surface area contributed by atoms with Gasteiger partial charge in [-0.05, 0) is 30.7 Å². The second-order valence-electron chi connectivity index (χ2n) is 3.41. The summed E-state index contributed by atoms with van der Waals surface area (Å²) < 4.78 is 0. The van der Waals surface area contributed by atoms with E-state index in [9.17, 15) is 0 Å². The first kappa shape index (κ1) is 11.4. The van der Waals surface area contributed by atoms with Crippen molar-refractivity contribution in [2.24, 2.45) is 0 Å². The number of hydrogen-bond acceptors (Lipinski definition) is 4. The summed E-state index contributed by atoms with van der Waals surface area (Å²) in [6.07, 6.45) is 1.54. The Kier molecular flexibility index (Phi) is 3.22. The number of hydrogen-bond donors (Lipinski definition) is 1. The Morgan fingerprint density at radius 1 is 1.35 bits per heavy atom. The van der Waals surface area contributed by atoms with Crippen LogP contribution >= 0.6 is 11.6 Å². The first-order chi connectivity index (χ1) is 8.20. The van der Waals surface area contributed by atoms with E-state index in [1.807, 2.05) is 31.2 Å². The van der Waals surface area contributed by atoms with Gasteiger partial charge in [-0.2, -0.15) is 5.26 Å². The molecule has 0 atom stereocenters. The van der Waals surface area contributed by atoms with Crippen LogP contribution in [0.3, 0.4) is 0 Å². The van der Waals surface area contributed by atoms with Crippen molar-refractivity contribution >= 4 is 23.1 Å². The third kappa shape index (κ3) is 2.52. The van der Waals surface area contributed by atoms with Gasteiger partial charge in [-0.3, -0.25) is 0 Å². The summed E-state index contributed by atoms with van der Waals surface area (Å²) in [5, 5.41) is 12.5. The lowest BCUT2D eigenvalue weighted by atomic mass is 10.2. The van der Waals surface area contributed by atoms with Gasteiger partial charge in [0, 0.05) is 16.9 Å². The average Bonchev–Trinajstić information content (AvgIpc) is 2.35. The maximum Gasteiger partial charge on any atom is 0.234 e. The summed E-state index contributed by atoms with van der Waals surface area (Å²) in [6.45, 7) is 1.91. The van der Waals surface area contributed by atoms with Gasteiger partial charge < -0.3 is 5.32 Å². The molecule has 0 aliphatic heterocycles. The SMILES string of the molecule is Cc1c(Cl)cccc1Nc1ccnc(C#N)n1. The monoisotopic (exact) mass is 244 g/mol. The van der Waals surface area contributed by atoms with Crippen molar-refractivity contribution in [3.63, 3.8) is 0 Å². The molecule has 1 aromatic carbocycles. The number of anilines is 2. The number of rotatable bonds is 2. The maximum atomic E-state index is 8.70. The zero-order valence-electron chi connectivity index (χ0n) is 9.11. The van der Waals surface area contributed by atoms with Gasteiger partial charge in [0.05, 0.1) is 0 Å². The number of nitrogens with one attached hydrogen (secondary N) is 1. The van der Waals surface area contributed by atoms with E-state index in [1.165, 1.54) is 6.20 Å². The van der Waals surface area contributed by atoms with Gasteiger partial charge in [-0.25, -0.2) is 9.97 Å². The highest BCUT2D eigenvalue weighted by atomic mass is 35.5. The minimum Gasteiger partial charge on any atom is -0.340 e. The summed E-state index contributed by atoms with van der Waals surface area (Å²) in [7, 11) is 0. The summed E-state index contributed by atoms with van der Waals surface area (Å²) in [5.41, 5.74) is 1.80. The van der Waals surface area contributed by atoms with Crippen LogP contribution in [0.4, 0.5) is 11.5 Å². The Morgan fingerprint density at radius 3 is 2.94 bits per heavy atom. The van der Waals surface area contributed by atoms with Crippen LogP contribution in [0, 0.1) is 18.3 Å². The summed E-state index contributed by atoms with van der Waals surface area (Å²) in [6, 6.07) is 9.16. The molecule has 0 unspecified atom stereocenters. The highest BCUT2D eigenvalue weighted by Gasteiger charge is 2.03. The van der Waals surface area contributed by atoms with Crippen molar-refractivity contribution in [3.8, 4) is 6.07 Å². The van der Waals surface area contributed by atoms with E-state index in [1.54, 1.807) is 6.07 Å². The molecule has 4 nitrogen and oxygen atoms in total. The van der Waals surface area contributed by atoms with E-state index in [-0.39, 0.29) is 5.82 Å². The van der Waals surface area contributed by atoms with E-state index in [4.69, 9.17) is 16.9 Å². The van der Waals surface area contributed by atoms with Crippen LogP contribution < -0.4 is 5.32 Å².